The van der Waals surface area contributed by atoms with E-state index in [1.54, 1.807) is 0 Å². The molecule has 0 fully saturated rings. The highest BCUT2D eigenvalue weighted by Crippen LogP contribution is 2.06. The van der Waals surface area contributed by atoms with Gasteiger partial charge in [0.15, 0.2) is 0 Å². The van der Waals surface area contributed by atoms with E-state index < -0.39 is 12.1 Å². The van der Waals surface area contributed by atoms with Gasteiger partial charge >= 0.3 is 6.09 Å². The van der Waals surface area contributed by atoms with E-state index in [0.717, 1.165) is 11.1 Å². The molecule has 6 heteroatoms. The zero-order chi connectivity index (χ0) is 20.4. The second-order valence-corrected chi connectivity index (χ2v) is 7.12. The van der Waals surface area contributed by atoms with Crippen molar-refractivity contribution in [3.8, 4) is 0 Å². The first kappa shape index (κ1) is 21.4. The number of carbonyl (C=O) groups excluding carboxylic acids is 2. The Morgan fingerprint density at radius 2 is 1.50 bits per heavy atom. The van der Waals surface area contributed by atoms with Crippen LogP contribution >= 0.6 is 0 Å². The normalized spacial score (nSPS) is 12.9. The molecule has 6 nitrogen and oxygen atoms in total. The molecule has 0 aromatic heterocycles. The first-order valence-corrected chi connectivity index (χ1v) is 9.40. The monoisotopic (exact) mass is 383 g/mol. The van der Waals surface area contributed by atoms with Gasteiger partial charge < -0.3 is 20.3 Å². The molecule has 0 aliphatic rings. The van der Waals surface area contributed by atoms with Crippen LogP contribution < -0.4 is 10.6 Å². The number of rotatable bonds is 9. The van der Waals surface area contributed by atoms with Crippen LogP contribution in [-0.4, -0.2) is 49.6 Å². The fraction of sp³-hybridized carbons (Fsp3) is 0.364. The molecule has 28 heavy (non-hydrogen) atoms. The number of nitrogens with zero attached hydrogens (tertiary/aromatic N) is 1. The lowest BCUT2D eigenvalue weighted by atomic mass is 10.1. The average molecular weight is 383 g/mol. The van der Waals surface area contributed by atoms with Crippen molar-refractivity contribution in [2.75, 3.05) is 20.6 Å². The standard InChI is InChI=1S/C22H29N3O3/c1-17(15-25(2)3)23-21(26)20(14-18-10-6-4-7-11-18)24-22(27)28-16-19-12-8-5-9-13-19/h4-13,17,20H,14-16H2,1-3H3,(H,23,26)(H,24,27)/t17-,20-/m0/s1. The Morgan fingerprint density at radius 3 is 2.07 bits per heavy atom. The van der Waals surface area contributed by atoms with Crippen molar-refractivity contribution >= 4 is 12.0 Å². The van der Waals surface area contributed by atoms with Gasteiger partial charge in [0.25, 0.3) is 0 Å². The van der Waals surface area contributed by atoms with E-state index in [1.165, 1.54) is 0 Å². The molecule has 0 bridgehead atoms. The summed E-state index contributed by atoms with van der Waals surface area (Å²) in [5.74, 6) is -0.227. The fourth-order valence-corrected chi connectivity index (χ4v) is 2.90. The number of ether oxygens (including phenoxy) is 1. The summed E-state index contributed by atoms with van der Waals surface area (Å²) in [6.07, 6.45) is -0.220. The lowest BCUT2D eigenvalue weighted by Crippen LogP contribution is -2.51. The first-order chi connectivity index (χ1) is 13.4. The van der Waals surface area contributed by atoms with Crippen molar-refractivity contribution in [1.82, 2.24) is 15.5 Å². The van der Waals surface area contributed by atoms with Gasteiger partial charge in [-0.15, -0.1) is 0 Å². The summed E-state index contributed by atoms with van der Waals surface area (Å²) in [5, 5.41) is 5.67. The van der Waals surface area contributed by atoms with Gasteiger partial charge in [-0.2, -0.15) is 0 Å². The maximum atomic E-state index is 12.7. The minimum Gasteiger partial charge on any atom is -0.445 e. The Balaban J connectivity index is 1.98. The lowest BCUT2D eigenvalue weighted by Gasteiger charge is -2.23. The molecule has 2 atom stereocenters. The zero-order valence-electron chi connectivity index (χ0n) is 16.7. The molecule has 2 rings (SSSR count). The number of alkyl carbamates (subject to hydrolysis) is 1. The summed E-state index contributed by atoms with van der Waals surface area (Å²) in [7, 11) is 3.90. The van der Waals surface area contributed by atoms with Crippen LogP contribution in [0.15, 0.2) is 60.7 Å². The molecule has 2 N–H and O–H groups in total. The van der Waals surface area contributed by atoms with E-state index >= 15 is 0 Å². The van der Waals surface area contributed by atoms with E-state index in [9.17, 15) is 9.59 Å². The van der Waals surface area contributed by atoms with Crippen LogP contribution in [0.25, 0.3) is 0 Å². The van der Waals surface area contributed by atoms with Crippen LogP contribution in [0.1, 0.15) is 18.1 Å². The van der Waals surface area contributed by atoms with Gasteiger partial charge in [0.05, 0.1) is 0 Å². The Bertz CT molecular complexity index is 735. The molecule has 2 aromatic rings. The van der Waals surface area contributed by atoms with Gasteiger partial charge in [0.2, 0.25) is 5.91 Å². The molecule has 0 aliphatic heterocycles. The van der Waals surface area contributed by atoms with Crippen molar-refractivity contribution in [1.29, 1.82) is 0 Å². The minimum absolute atomic E-state index is 0.0390. The van der Waals surface area contributed by atoms with E-state index in [-0.39, 0.29) is 18.6 Å². The summed E-state index contributed by atoms with van der Waals surface area (Å²) in [6.45, 7) is 2.80. The fourth-order valence-electron chi connectivity index (χ4n) is 2.90. The largest absolute Gasteiger partial charge is 0.445 e. The van der Waals surface area contributed by atoms with Crippen molar-refractivity contribution in [2.24, 2.45) is 0 Å². The van der Waals surface area contributed by atoms with Gasteiger partial charge in [-0.1, -0.05) is 60.7 Å². The van der Waals surface area contributed by atoms with E-state index in [1.807, 2.05) is 86.6 Å². The van der Waals surface area contributed by atoms with Crippen molar-refractivity contribution in [3.05, 3.63) is 71.8 Å². The van der Waals surface area contributed by atoms with Crippen LogP contribution in [0.3, 0.4) is 0 Å². The Labute approximate surface area is 166 Å². The summed E-state index contributed by atoms with van der Waals surface area (Å²) in [5.41, 5.74) is 1.85. The van der Waals surface area contributed by atoms with Gasteiger partial charge in [-0.3, -0.25) is 4.79 Å². The van der Waals surface area contributed by atoms with Gasteiger partial charge in [-0.05, 0) is 32.1 Å². The third-order valence-electron chi connectivity index (χ3n) is 4.13. The third-order valence-corrected chi connectivity index (χ3v) is 4.13. The Morgan fingerprint density at radius 1 is 0.929 bits per heavy atom. The first-order valence-electron chi connectivity index (χ1n) is 9.40. The van der Waals surface area contributed by atoms with Crippen LogP contribution in [0.2, 0.25) is 0 Å². The minimum atomic E-state index is -0.713. The number of likely N-dealkylation sites (N-methyl/N-ethyl adjacent to an activating group) is 1. The molecule has 150 valence electrons. The molecule has 0 spiro atoms. The maximum absolute atomic E-state index is 12.7. The summed E-state index contributed by atoms with van der Waals surface area (Å²) < 4.78 is 5.28. The highest BCUT2D eigenvalue weighted by atomic mass is 16.5. The summed E-state index contributed by atoms with van der Waals surface area (Å²) in [4.78, 5) is 27.0. The predicted molar refractivity (Wildman–Crippen MR) is 110 cm³/mol. The molecular formula is C22H29N3O3. The smallest absolute Gasteiger partial charge is 0.408 e. The molecule has 0 heterocycles. The number of hydrogen-bond donors (Lipinski definition) is 2. The highest BCUT2D eigenvalue weighted by molar-refractivity contribution is 5.86. The Hall–Kier alpha value is -2.86. The molecule has 2 aromatic carbocycles. The van der Waals surface area contributed by atoms with Gasteiger partial charge in [-0.25, -0.2) is 4.79 Å². The molecule has 0 saturated carbocycles. The second kappa shape index (κ2) is 11.1. The molecule has 0 radical (unpaired) electrons. The third kappa shape index (κ3) is 7.80. The van der Waals surface area contributed by atoms with E-state index in [2.05, 4.69) is 10.6 Å². The van der Waals surface area contributed by atoms with Crippen LogP contribution in [-0.2, 0) is 22.6 Å². The number of nitrogens with one attached hydrogen (secondary N) is 2. The molecule has 0 unspecified atom stereocenters. The zero-order valence-corrected chi connectivity index (χ0v) is 16.7. The maximum Gasteiger partial charge on any atom is 0.408 e. The van der Waals surface area contributed by atoms with E-state index in [0.29, 0.717) is 13.0 Å². The van der Waals surface area contributed by atoms with Crippen LogP contribution in [0, 0.1) is 0 Å². The Kier molecular flexibility index (Phi) is 8.49. The van der Waals surface area contributed by atoms with Gasteiger partial charge in [0.1, 0.15) is 12.6 Å². The average Bonchev–Trinajstić information content (AvgIpc) is 2.67. The molecule has 2 amide bonds. The van der Waals surface area contributed by atoms with E-state index in [4.69, 9.17) is 4.74 Å². The number of carbonyl (C=O) groups is 2. The number of benzene rings is 2. The molecule has 0 aliphatic carbocycles. The van der Waals surface area contributed by atoms with Crippen LogP contribution in [0.4, 0.5) is 4.79 Å². The van der Waals surface area contributed by atoms with Crippen molar-refractivity contribution < 1.29 is 14.3 Å². The number of hydrogen-bond acceptors (Lipinski definition) is 4. The lowest BCUT2D eigenvalue weighted by molar-refractivity contribution is -0.123. The van der Waals surface area contributed by atoms with Gasteiger partial charge in [0, 0.05) is 19.0 Å². The highest BCUT2D eigenvalue weighted by Gasteiger charge is 2.23. The SMILES string of the molecule is C[C@@H](CN(C)C)NC(=O)[C@H](Cc1ccccc1)NC(=O)OCc1ccccc1. The second-order valence-electron chi connectivity index (χ2n) is 7.12. The summed E-state index contributed by atoms with van der Waals surface area (Å²) >= 11 is 0. The molecule has 0 saturated heterocycles. The number of amides is 2. The van der Waals surface area contributed by atoms with Crippen LogP contribution in [0.5, 0.6) is 0 Å². The summed E-state index contributed by atoms with van der Waals surface area (Å²) in [6, 6.07) is 18.3. The van der Waals surface area contributed by atoms with Crippen molar-refractivity contribution in [3.63, 3.8) is 0 Å². The van der Waals surface area contributed by atoms with Crippen molar-refractivity contribution in [2.45, 2.75) is 32.0 Å². The molecular weight excluding hydrogens is 354 g/mol. The predicted octanol–water partition coefficient (Wildman–Crippen LogP) is 2.59. The quantitative estimate of drug-likeness (QED) is 0.698. The topological polar surface area (TPSA) is 70.7 Å².